The lowest BCUT2D eigenvalue weighted by Crippen LogP contribution is -2.25. The van der Waals surface area contributed by atoms with Crippen molar-refractivity contribution in [1.29, 1.82) is 0 Å². The topological polar surface area (TPSA) is 75.7 Å². The Balaban J connectivity index is 2.51. The van der Waals surface area contributed by atoms with Crippen molar-refractivity contribution in [3.05, 3.63) is 47.5 Å². The molecule has 0 bridgehead atoms. The lowest BCUT2D eigenvalue weighted by molar-refractivity contribution is -0.116. The second kappa shape index (κ2) is 7.14. The van der Waals surface area contributed by atoms with Crippen molar-refractivity contribution in [2.45, 2.75) is 25.7 Å². The third-order valence-electron chi connectivity index (χ3n) is 4.05. The molecule has 25 heavy (non-hydrogen) atoms. The van der Waals surface area contributed by atoms with E-state index >= 15 is 0 Å². The summed E-state index contributed by atoms with van der Waals surface area (Å²) >= 11 is 0. The molecular weight excluding hydrogens is 340 g/mol. The average Bonchev–Trinajstić information content (AvgIpc) is 2.56. The Morgan fingerprint density at radius 1 is 1.12 bits per heavy atom. The van der Waals surface area contributed by atoms with Gasteiger partial charge in [0.2, 0.25) is 5.91 Å². The molecule has 2 aromatic carbocycles. The molecule has 0 radical (unpaired) electrons. The van der Waals surface area contributed by atoms with Gasteiger partial charge in [-0.05, 0) is 49.2 Å². The van der Waals surface area contributed by atoms with Crippen LogP contribution < -0.4 is 14.4 Å². The zero-order valence-electron chi connectivity index (χ0n) is 15.0. The molecule has 0 saturated heterocycles. The molecule has 0 saturated carbocycles. The number of rotatable bonds is 5. The number of carbonyl (C=O) groups excluding carboxylic acids is 1. The maximum absolute atomic E-state index is 12.9. The number of hydrogen-bond acceptors (Lipinski definition) is 4. The maximum Gasteiger partial charge on any atom is 0.265 e. The Morgan fingerprint density at radius 3 is 2.32 bits per heavy atom. The number of nitrogens with one attached hydrogen (secondary N) is 1. The van der Waals surface area contributed by atoms with Gasteiger partial charge in [-0.3, -0.25) is 9.52 Å². The smallest absolute Gasteiger partial charge is 0.265 e. The lowest BCUT2D eigenvalue weighted by atomic mass is 10.1. The second-order valence-electron chi connectivity index (χ2n) is 5.79. The van der Waals surface area contributed by atoms with Crippen molar-refractivity contribution in [3.63, 3.8) is 0 Å². The molecule has 1 amide bonds. The summed E-state index contributed by atoms with van der Waals surface area (Å²) in [4.78, 5) is 13.1. The Bertz CT molecular complexity index is 907. The summed E-state index contributed by atoms with van der Waals surface area (Å²) in [6, 6.07) is 10.00. The number of benzene rings is 2. The Kier molecular flexibility index (Phi) is 5.37. The molecule has 0 aliphatic rings. The van der Waals surface area contributed by atoms with Gasteiger partial charge in [0.05, 0.1) is 18.5 Å². The van der Waals surface area contributed by atoms with Crippen LogP contribution in [0.1, 0.15) is 18.1 Å². The molecule has 0 atom stereocenters. The van der Waals surface area contributed by atoms with Crippen LogP contribution in [0.15, 0.2) is 41.3 Å². The van der Waals surface area contributed by atoms with Crippen molar-refractivity contribution in [3.8, 4) is 5.75 Å². The highest BCUT2D eigenvalue weighted by molar-refractivity contribution is 7.92. The summed E-state index contributed by atoms with van der Waals surface area (Å²) in [5.41, 5.74) is 2.57. The van der Waals surface area contributed by atoms with Crippen LogP contribution in [0.4, 0.5) is 11.4 Å². The molecule has 1 N–H and O–H groups in total. The predicted molar refractivity (Wildman–Crippen MR) is 98.8 cm³/mol. The highest BCUT2D eigenvalue weighted by atomic mass is 32.2. The van der Waals surface area contributed by atoms with Crippen LogP contribution in [-0.4, -0.2) is 28.5 Å². The number of methoxy groups -OCH3 is 1. The molecule has 2 aromatic rings. The third-order valence-corrected chi connectivity index (χ3v) is 5.44. The highest BCUT2D eigenvalue weighted by Crippen LogP contribution is 2.32. The van der Waals surface area contributed by atoms with Crippen LogP contribution in [0.2, 0.25) is 0 Å². The number of aryl methyl sites for hydroxylation is 2. The largest absolute Gasteiger partial charge is 0.495 e. The molecule has 0 fully saturated rings. The molecule has 0 aliphatic heterocycles. The first-order valence-corrected chi connectivity index (χ1v) is 9.17. The molecule has 134 valence electrons. The first-order valence-electron chi connectivity index (χ1n) is 7.68. The highest BCUT2D eigenvalue weighted by Gasteiger charge is 2.23. The van der Waals surface area contributed by atoms with Gasteiger partial charge in [-0.15, -0.1) is 0 Å². The summed E-state index contributed by atoms with van der Waals surface area (Å²) in [5.74, 6) is 0.0726. The fourth-order valence-corrected chi connectivity index (χ4v) is 3.67. The van der Waals surface area contributed by atoms with Crippen LogP contribution in [-0.2, 0) is 14.8 Å². The molecular formula is C18H22N2O4S. The van der Waals surface area contributed by atoms with Crippen LogP contribution in [0.25, 0.3) is 0 Å². The molecule has 0 unspecified atom stereocenters. The monoisotopic (exact) mass is 362 g/mol. The van der Waals surface area contributed by atoms with E-state index in [2.05, 4.69) is 4.72 Å². The quantitative estimate of drug-likeness (QED) is 0.887. The van der Waals surface area contributed by atoms with E-state index in [1.807, 2.05) is 13.8 Å². The molecule has 0 aromatic heterocycles. The molecule has 0 aliphatic carbocycles. The standard InChI is InChI=1S/C18H22N2O4S/c1-12-10-17(24-5)18(11-13(12)2)25(22,23)19-15-8-6-7-9-16(15)20(4)14(3)21/h6-11,19H,1-5H3. The number of amides is 1. The zero-order valence-corrected chi connectivity index (χ0v) is 15.8. The number of hydrogen-bond donors (Lipinski definition) is 1. The maximum atomic E-state index is 12.9. The van der Waals surface area contributed by atoms with Gasteiger partial charge in [0.25, 0.3) is 10.0 Å². The first-order chi connectivity index (χ1) is 11.7. The van der Waals surface area contributed by atoms with Crippen molar-refractivity contribution in [2.75, 3.05) is 23.8 Å². The van der Waals surface area contributed by atoms with E-state index in [-0.39, 0.29) is 16.6 Å². The number of ether oxygens (including phenoxy) is 1. The van der Waals surface area contributed by atoms with Crippen molar-refractivity contribution in [1.82, 2.24) is 0 Å². The van der Waals surface area contributed by atoms with Crippen LogP contribution in [0.5, 0.6) is 5.75 Å². The zero-order chi connectivity index (χ0) is 18.8. The number of sulfonamides is 1. The van der Waals surface area contributed by atoms with Gasteiger partial charge < -0.3 is 9.64 Å². The number of para-hydroxylation sites is 2. The number of carbonyl (C=O) groups is 1. The number of nitrogens with zero attached hydrogens (tertiary/aromatic N) is 1. The van der Waals surface area contributed by atoms with Gasteiger partial charge in [0.1, 0.15) is 10.6 Å². The van der Waals surface area contributed by atoms with Crippen molar-refractivity contribution in [2.24, 2.45) is 0 Å². The van der Waals surface area contributed by atoms with Crippen LogP contribution in [0.3, 0.4) is 0 Å². The van der Waals surface area contributed by atoms with Crippen molar-refractivity contribution < 1.29 is 17.9 Å². The van der Waals surface area contributed by atoms with Gasteiger partial charge >= 0.3 is 0 Å². The summed E-state index contributed by atoms with van der Waals surface area (Å²) in [7, 11) is -0.870. The van der Waals surface area contributed by atoms with E-state index in [9.17, 15) is 13.2 Å². The fourth-order valence-electron chi connectivity index (χ4n) is 2.35. The van der Waals surface area contributed by atoms with E-state index in [1.54, 1.807) is 43.4 Å². The fraction of sp³-hybridized carbons (Fsp3) is 0.278. The third kappa shape index (κ3) is 3.93. The molecule has 0 heterocycles. The summed E-state index contributed by atoms with van der Waals surface area (Å²) in [6.07, 6.45) is 0. The van der Waals surface area contributed by atoms with E-state index in [0.717, 1.165) is 11.1 Å². The minimum atomic E-state index is -3.89. The van der Waals surface area contributed by atoms with E-state index in [1.165, 1.54) is 18.9 Å². The summed E-state index contributed by atoms with van der Waals surface area (Å²) < 4.78 is 33.6. The molecule has 0 spiro atoms. The Morgan fingerprint density at radius 2 is 1.72 bits per heavy atom. The van der Waals surface area contributed by atoms with Gasteiger partial charge in [0.15, 0.2) is 0 Å². The Labute approximate surface area is 148 Å². The molecule has 2 rings (SSSR count). The number of anilines is 2. The van der Waals surface area contributed by atoms with E-state index in [4.69, 9.17) is 4.74 Å². The predicted octanol–water partition coefficient (Wildman–Crippen LogP) is 3.10. The van der Waals surface area contributed by atoms with Gasteiger partial charge in [0, 0.05) is 14.0 Å². The first kappa shape index (κ1) is 18.8. The minimum absolute atomic E-state index is 0.0541. The minimum Gasteiger partial charge on any atom is -0.495 e. The van der Waals surface area contributed by atoms with Gasteiger partial charge in [-0.1, -0.05) is 12.1 Å². The second-order valence-corrected chi connectivity index (χ2v) is 7.44. The average molecular weight is 362 g/mol. The van der Waals surface area contributed by atoms with Gasteiger partial charge in [-0.2, -0.15) is 0 Å². The van der Waals surface area contributed by atoms with Gasteiger partial charge in [-0.25, -0.2) is 8.42 Å². The van der Waals surface area contributed by atoms with Crippen LogP contribution in [0, 0.1) is 13.8 Å². The van der Waals surface area contributed by atoms with Crippen molar-refractivity contribution >= 4 is 27.3 Å². The van der Waals surface area contributed by atoms with E-state index < -0.39 is 10.0 Å². The lowest BCUT2D eigenvalue weighted by Gasteiger charge is -2.20. The van der Waals surface area contributed by atoms with Crippen LogP contribution >= 0.6 is 0 Å². The normalized spacial score (nSPS) is 11.1. The molecule has 7 heteroatoms. The summed E-state index contributed by atoms with van der Waals surface area (Å²) in [6.45, 7) is 5.14. The Hall–Kier alpha value is -2.54. The molecule has 6 nitrogen and oxygen atoms in total. The van der Waals surface area contributed by atoms with E-state index in [0.29, 0.717) is 11.4 Å². The summed E-state index contributed by atoms with van der Waals surface area (Å²) in [5, 5.41) is 0. The SMILES string of the molecule is COc1cc(C)c(C)cc1S(=O)(=O)Nc1ccccc1N(C)C(C)=O.